The van der Waals surface area contributed by atoms with Gasteiger partial charge < -0.3 is 0 Å². The van der Waals surface area contributed by atoms with Crippen LogP contribution in [0.3, 0.4) is 0 Å². The Morgan fingerprint density at radius 1 is 1.23 bits per heavy atom. The Morgan fingerprint density at radius 3 is 2.46 bits per heavy atom. The fraction of sp³-hybridized carbons (Fsp3) is 0.0769. The molecule has 0 saturated heterocycles. The normalized spacial score (nSPS) is 11.0. The second kappa shape index (κ2) is 4.46. The summed E-state index contributed by atoms with van der Waals surface area (Å²) < 4.78 is 0. The standard InChI is InChI=1S/C13H14/c1-4-8-12(5-2)13-10-7-6-9-11(13)3/h4-10H,1-2H2,3H3. The van der Waals surface area contributed by atoms with Gasteiger partial charge >= 0.3 is 0 Å². The van der Waals surface area contributed by atoms with E-state index in [1.165, 1.54) is 11.1 Å². The maximum absolute atomic E-state index is 3.78. The minimum atomic E-state index is 1.12. The molecule has 0 atom stereocenters. The minimum absolute atomic E-state index is 1.12. The van der Waals surface area contributed by atoms with E-state index in [0.29, 0.717) is 0 Å². The zero-order valence-corrected chi connectivity index (χ0v) is 7.96. The average Bonchev–Trinajstić information content (AvgIpc) is 2.16. The van der Waals surface area contributed by atoms with E-state index >= 15 is 0 Å². The summed E-state index contributed by atoms with van der Waals surface area (Å²) in [5, 5.41) is 0. The van der Waals surface area contributed by atoms with Crippen LogP contribution in [0.25, 0.3) is 5.57 Å². The molecule has 0 nitrogen and oxygen atoms in total. The molecule has 0 saturated carbocycles. The third-order valence-corrected chi connectivity index (χ3v) is 1.97. The second-order valence-electron chi connectivity index (χ2n) is 2.88. The molecule has 0 unspecified atom stereocenters. The van der Waals surface area contributed by atoms with Gasteiger partial charge in [-0.15, -0.1) is 0 Å². The summed E-state index contributed by atoms with van der Waals surface area (Å²) >= 11 is 0. The van der Waals surface area contributed by atoms with Gasteiger partial charge in [-0.05, 0) is 23.6 Å². The van der Waals surface area contributed by atoms with Gasteiger partial charge in [0.15, 0.2) is 0 Å². The first-order chi connectivity index (χ1) is 6.29. The molecule has 0 aliphatic rings. The van der Waals surface area contributed by atoms with Gasteiger partial charge in [0, 0.05) is 0 Å². The fourth-order valence-corrected chi connectivity index (χ4v) is 1.29. The monoisotopic (exact) mass is 170 g/mol. The van der Waals surface area contributed by atoms with Gasteiger partial charge in [-0.25, -0.2) is 0 Å². The molecule has 0 heterocycles. The molecule has 0 heteroatoms. The quantitative estimate of drug-likeness (QED) is 0.606. The Bertz CT molecular complexity index is 343. The van der Waals surface area contributed by atoms with Crippen molar-refractivity contribution in [2.45, 2.75) is 6.92 Å². The highest BCUT2D eigenvalue weighted by Gasteiger charge is 1.98. The molecule has 1 aromatic carbocycles. The van der Waals surface area contributed by atoms with Crippen LogP contribution >= 0.6 is 0 Å². The Hall–Kier alpha value is -1.56. The van der Waals surface area contributed by atoms with Crippen molar-refractivity contribution < 1.29 is 0 Å². The lowest BCUT2D eigenvalue weighted by atomic mass is 10.0. The van der Waals surface area contributed by atoms with Crippen molar-refractivity contribution in [3.05, 3.63) is 66.8 Å². The van der Waals surface area contributed by atoms with Crippen molar-refractivity contribution in [1.29, 1.82) is 0 Å². The van der Waals surface area contributed by atoms with E-state index in [2.05, 4.69) is 32.2 Å². The summed E-state index contributed by atoms with van der Waals surface area (Å²) in [6.07, 6.45) is 5.60. The number of rotatable bonds is 3. The number of allylic oxidation sites excluding steroid dienone is 4. The van der Waals surface area contributed by atoms with Gasteiger partial charge in [0.2, 0.25) is 0 Å². The van der Waals surface area contributed by atoms with Gasteiger partial charge in [0.1, 0.15) is 0 Å². The zero-order chi connectivity index (χ0) is 9.68. The van der Waals surface area contributed by atoms with Gasteiger partial charge in [-0.3, -0.25) is 0 Å². The van der Waals surface area contributed by atoms with Crippen LogP contribution in [-0.4, -0.2) is 0 Å². The molecular formula is C13H14. The smallest absolute Gasteiger partial charge is 0.0155 e. The molecule has 1 aromatic rings. The lowest BCUT2D eigenvalue weighted by Gasteiger charge is -2.04. The van der Waals surface area contributed by atoms with Crippen molar-refractivity contribution in [2.24, 2.45) is 0 Å². The number of benzene rings is 1. The van der Waals surface area contributed by atoms with Crippen LogP contribution in [0.2, 0.25) is 0 Å². The predicted molar refractivity (Wildman–Crippen MR) is 59.6 cm³/mol. The summed E-state index contributed by atoms with van der Waals surface area (Å²) in [4.78, 5) is 0. The van der Waals surface area contributed by atoms with E-state index in [0.717, 1.165) is 5.57 Å². The summed E-state index contributed by atoms with van der Waals surface area (Å²) in [5.41, 5.74) is 3.60. The highest BCUT2D eigenvalue weighted by Crippen LogP contribution is 2.19. The maximum atomic E-state index is 3.78. The first kappa shape index (κ1) is 9.53. The van der Waals surface area contributed by atoms with E-state index in [4.69, 9.17) is 0 Å². The molecule has 0 bridgehead atoms. The molecule has 0 radical (unpaired) electrons. The number of hydrogen-bond acceptors (Lipinski definition) is 0. The molecule has 0 aromatic heterocycles. The first-order valence-electron chi connectivity index (χ1n) is 4.30. The van der Waals surface area contributed by atoms with Crippen molar-refractivity contribution in [2.75, 3.05) is 0 Å². The Kier molecular flexibility index (Phi) is 3.27. The summed E-state index contributed by atoms with van der Waals surface area (Å²) in [6, 6.07) is 8.25. The molecule has 0 aliphatic carbocycles. The van der Waals surface area contributed by atoms with Crippen LogP contribution in [0, 0.1) is 6.92 Å². The molecule has 1 rings (SSSR count). The number of aryl methyl sites for hydroxylation is 1. The Morgan fingerprint density at radius 2 is 1.92 bits per heavy atom. The van der Waals surface area contributed by atoms with Crippen LogP contribution in [0.4, 0.5) is 0 Å². The van der Waals surface area contributed by atoms with Crippen molar-refractivity contribution >= 4 is 5.57 Å². The summed E-state index contributed by atoms with van der Waals surface area (Å²) in [6.45, 7) is 9.55. The molecule has 0 amide bonds. The highest BCUT2D eigenvalue weighted by molar-refractivity contribution is 5.76. The largest absolute Gasteiger partial charge is 0.0990 e. The Balaban J connectivity index is 3.19. The van der Waals surface area contributed by atoms with E-state index in [1.807, 2.05) is 24.3 Å². The minimum Gasteiger partial charge on any atom is -0.0990 e. The average molecular weight is 170 g/mol. The summed E-state index contributed by atoms with van der Waals surface area (Å²) in [7, 11) is 0. The van der Waals surface area contributed by atoms with Crippen molar-refractivity contribution in [3.8, 4) is 0 Å². The summed E-state index contributed by atoms with van der Waals surface area (Å²) in [5.74, 6) is 0. The van der Waals surface area contributed by atoms with Crippen molar-refractivity contribution in [1.82, 2.24) is 0 Å². The van der Waals surface area contributed by atoms with Crippen LogP contribution in [0.5, 0.6) is 0 Å². The van der Waals surface area contributed by atoms with Crippen LogP contribution in [0.15, 0.2) is 55.7 Å². The van der Waals surface area contributed by atoms with Crippen LogP contribution < -0.4 is 0 Å². The third kappa shape index (κ3) is 2.19. The molecule has 13 heavy (non-hydrogen) atoms. The second-order valence-corrected chi connectivity index (χ2v) is 2.88. The molecule has 0 aliphatic heterocycles. The van der Waals surface area contributed by atoms with Gasteiger partial charge in [-0.2, -0.15) is 0 Å². The first-order valence-corrected chi connectivity index (χ1v) is 4.30. The SMILES string of the molecule is C=CC=C(C=C)c1ccccc1C. The predicted octanol–water partition coefficient (Wildman–Crippen LogP) is 3.75. The van der Waals surface area contributed by atoms with Gasteiger partial charge in [-0.1, -0.05) is 55.7 Å². The van der Waals surface area contributed by atoms with Crippen LogP contribution in [-0.2, 0) is 0 Å². The molecular weight excluding hydrogens is 156 g/mol. The maximum Gasteiger partial charge on any atom is -0.0155 e. The zero-order valence-electron chi connectivity index (χ0n) is 7.96. The highest BCUT2D eigenvalue weighted by atomic mass is 14.0. The van der Waals surface area contributed by atoms with E-state index in [9.17, 15) is 0 Å². The van der Waals surface area contributed by atoms with Gasteiger partial charge in [0.25, 0.3) is 0 Å². The molecule has 66 valence electrons. The molecule has 0 fully saturated rings. The molecule has 0 N–H and O–H groups in total. The lowest BCUT2D eigenvalue weighted by molar-refractivity contribution is 1.43. The third-order valence-electron chi connectivity index (χ3n) is 1.97. The Labute approximate surface area is 79.9 Å². The fourth-order valence-electron chi connectivity index (χ4n) is 1.29. The van der Waals surface area contributed by atoms with E-state index in [1.54, 1.807) is 6.08 Å². The van der Waals surface area contributed by atoms with Crippen molar-refractivity contribution in [3.63, 3.8) is 0 Å². The van der Waals surface area contributed by atoms with E-state index < -0.39 is 0 Å². The van der Waals surface area contributed by atoms with E-state index in [-0.39, 0.29) is 0 Å². The van der Waals surface area contributed by atoms with Crippen LogP contribution in [0.1, 0.15) is 11.1 Å². The van der Waals surface area contributed by atoms with Gasteiger partial charge in [0.05, 0.1) is 0 Å². The lowest BCUT2D eigenvalue weighted by Crippen LogP contribution is -1.84. The molecule has 0 spiro atoms. The topological polar surface area (TPSA) is 0 Å². The number of hydrogen-bond donors (Lipinski definition) is 0.